The van der Waals surface area contributed by atoms with Crippen molar-refractivity contribution in [1.82, 2.24) is 10.2 Å². The summed E-state index contributed by atoms with van der Waals surface area (Å²) in [5.41, 5.74) is 3.33. The van der Waals surface area contributed by atoms with Crippen molar-refractivity contribution in [3.05, 3.63) is 75.3 Å². The maximum Gasteiger partial charge on any atom is 0.174 e. The van der Waals surface area contributed by atoms with Crippen LogP contribution in [0, 0.1) is 0 Å². The SMILES string of the molecule is CCN1C(=S)N[C@@H](c2ccc(Cl)cc2)C(C(C)=O)=C1c1ccc(Cl)cc1. The van der Waals surface area contributed by atoms with Crippen LogP contribution in [0.5, 0.6) is 0 Å². The highest BCUT2D eigenvalue weighted by Crippen LogP contribution is 2.36. The minimum absolute atomic E-state index is 0.0108. The molecule has 0 unspecified atom stereocenters. The quantitative estimate of drug-likeness (QED) is 0.705. The Morgan fingerprint density at radius 1 is 1.08 bits per heavy atom. The Labute approximate surface area is 168 Å². The van der Waals surface area contributed by atoms with Crippen LogP contribution in [0.15, 0.2) is 54.1 Å². The number of thiocarbonyl (C=S) groups is 1. The lowest BCUT2D eigenvalue weighted by Crippen LogP contribution is -2.47. The lowest BCUT2D eigenvalue weighted by atomic mass is 9.90. The average molecular weight is 405 g/mol. The maximum atomic E-state index is 12.6. The fraction of sp³-hybridized carbons (Fsp3) is 0.200. The number of halogens is 2. The molecular weight excluding hydrogens is 387 g/mol. The number of benzene rings is 2. The van der Waals surface area contributed by atoms with Crippen LogP contribution in [0.2, 0.25) is 10.0 Å². The zero-order valence-corrected chi connectivity index (χ0v) is 16.8. The van der Waals surface area contributed by atoms with Crippen LogP contribution in [-0.4, -0.2) is 22.3 Å². The van der Waals surface area contributed by atoms with E-state index in [0.717, 1.165) is 16.8 Å². The molecule has 1 aliphatic rings. The van der Waals surface area contributed by atoms with Crippen LogP contribution in [0.3, 0.4) is 0 Å². The zero-order chi connectivity index (χ0) is 18.8. The first-order valence-electron chi connectivity index (χ1n) is 8.27. The first-order valence-corrected chi connectivity index (χ1v) is 9.43. The van der Waals surface area contributed by atoms with Gasteiger partial charge in [0.15, 0.2) is 10.9 Å². The molecule has 2 aromatic rings. The minimum atomic E-state index is -0.328. The molecule has 6 heteroatoms. The van der Waals surface area contributed by atoms with E-state index in [1.165, 1.54) is 0 Å². The summed E-state index contributed by atoms with van der Waals surface area (Å²) in [7, 11) is 0. The topological polar surface area (TPSA) is 32.3 Å². The van der Waals surface area contributed by atoms with E-state index in [9.17, 15) is 4.79 Å². The Balaban J connectivity index is 2.24. The molecule has 1 atom stereocenters. The number of nitrogens with zero attached hydrogens (tertiary/aromatic N) is 1. The van der Waals surface area contributed by atoms with Crippen molar-refractivity contribution in [2.45, 2.75) is 19.9 Å². The number of carbonyl (C=O) groups is 1. The Morgan fingerprint density at radius 2 is 1.62 bits per heavy atom. The van der Waals surface area contributed by atoms with Gasteiger partial charge in [-0.15, -0.1) is 0 Å². The maximum absolute atomic E-state index is 12.6. The van der Waals surface area contributed by atoms with E-state index in [4.69, 9.17) is 35.4 Å². The van der Waals surface area contributed by atoms with Gasteiger partial charge in [-0.05, 0) is 61.5 Å². The van der Waals surface area contributed by atoms with Gasteiger partial charge in [0.05, 0.1) is 11.7 Å². The molecule has 3 rings (SSSR count). The minimum Gasteiger partial charge on any atom is -0.351 e. The fourth-order valence-corrected chi connectivity index (χ4v) is 3.74. The second-order valence-electron chi connectivity index (χ2n) is 6.00. The molecular formula is C20H18Cl2N2OS. The third kappa shape index (κ3) is 3.63. The summed E-state index contributed by atoms with van der Waals surface area (Å²) in [5, 5.41) is 5.18. The largest absolute Gasteiger partial charge is 0.351 e. The molecule has 0 saturated heterocycles. The van der Waals surface area contributed by atoms with Crippen LogP contribution in [0.1, 0.15) is 31.0 Å². The second-order valence-corrected chi connectivity index (χ2v) is 7.26. The average Bonchev–Trinajstić information content (AvgIpc) is 2.62. The van der Waals surface area contributed by atoms with E-state index in [1.807, 2.05) is 60.4 Å². The van der Waals surface area contributed by atoms with Crippen LogP contribution in [0.4, 0.5) is 0 Å². The molecule has 26 heavy (non-hydrogen) atoms. The van der Waals surface area contributed by atoms with Crippen LogP contribution < -0.4 is 5.32 Å². The summed E-state index contributed by atoms with van der Waals surface area (Å²) in [4.78, 5) is 14.6. The summed E-state index contributed by atoms with van der Waals surface area (Å²) in [6, 6.07) is 14.6. The Bertz CT molecular complexity index is 876. The van der Waals surface area contributed by atoms with Crippen LogP contribution in [-0.2, 0) is 4.79 Å². The highest BCUT2D eigenvalue weighted by molar-refractivity contribution is 7.80. The molecule has 0 aliphatic carbocycles. The molecule has 134 valence electrons. The monoisotopic (exact) mass is 404 g/mol. The predicted octanol–water partition coefficient (Wildman–Crippen LogP) is 5.24. The molecule has 0 saturated carbocycles. The fourth-order valence-electron chi connectivity index (χ4n) is 3.15. The molecule has 0 fully saturated rings. The number of hydrogen-bond donors (Lipinski definition) is 1. The van der Waals surface area contributed by atoms with Gasteiger partial charge in [0, 0.05) is 22.2 Å². The smallest absolute Gasteiger partial charge is 0.174 e. The summed E-state index contributed by atoms with van der Waals surface area (Å²) in [6.45, 7) is 4.23. The van der Waals surface area contributed by atoms with Gasteiger partial charge in [-0.25, -0.2) is 0 Å². The van der Waals surface area contributed by atoms with Gasteiger partial charge in [0.1, 0.15) is 0 Å². The van der Waals surface area contributed by atoms with Crippen molar-refractivity contribution in [2.75, 3.05) is 6.54 Å². The highest BCUT2D eigenvalue weighted by atomic mass is 35.5. The first-order chi connectivity index (χ1) is 12.4. The standard InChI is InChI=1S/C20H18Cl2N2OS/c1-3-24-19(14-6-10-16(22)11-7-14)17(12(2)25)18(23-20(24)26)13-4-8-15(21)9-5-13/h4-11,18H,3H2,1-2H3,(H,23,26)/t18-/m0/s1. The molecule has 0 aromatic heterocycles. The lowest BCUT2D eigenvalue weighted by molar-refractivity contribution is -0.113. The molecule has 0 bridgehead atoms. The Morgan fingerprint density at radius 3 is 2.12 bits per heavy atom. The van der Waals surface area contributed by atoms with Crippen LogP contribution >= 0.6 is 35.4 Å². The first kappa shape index (κ1) is 18.9. The number of hydrogen-bond acceptors (Lipinski definition) is 2. The van der Waals surface area contributed by atoms with Gasteiger partial charge in [0.2, 0.25) is 0 Å². The molecule has 0 radical (unpaired) electrons. The van der Waals surface area contributed by atoms with E-state index in [1.54, 1.807) is 6.92 Å². The van der Waals surface area contributed by atoms with E-state index in [2.05, 4.69) is 5.32 Å². The second kappa shape index (κ2) is 7.78. The Kier molecular flexibility index (Phi) is 5.66. The predicted molar refractivity (Wildman–Crippen MR) is 111 cm³/mol. The van der Waals surface area contributed by atoms with Gasteiger partial charge in [-0.3, -0.25) is 4.79 Å². The number of carbonyl (C=O) groups excluding carboxylic acids is 1. The molecule has 1 aliphatic heterocycles. The number of Topliss-reactive ketones (excluding diaryl/α,β-unsaturated/α-hetero) is 1. The van der Waals surface area contributed by atoms with Gasteiger partial charge in [0.25, 0.3) is 0 Å². The molecule has 1 heterocycles. The van der Waals surface area contributed by atoms with E-state index in [0.29, 0.717) is 27.3 Å². The van der Waals surface area contributed by atoms with E-state index >= 15 is 0 Å². The van der Waals surface area contributed by atoms with Gasteiger partial charge >= 0.3 is 0 Å². The molecule has 3 nitrogen and oxygen atoms in total. The Hall–Kier alpha value is -1.88. The number of ketones is 1. The third-order valence-electron chi connectivity index (χ3n) is 4.34. The van der Waals surface area contributed by atoms with Crippen molar-refractivity contribution in [2.24, 2.45) is 0 Å². The van der Waals surface area contributed by atoms with E-state index in [-0.39, 0.29) is 11.8 Å². The van der Waals surface area contributed by atoms with Gasteiger partial charge in [-0.2, -0.15) is 0 Å². The normalized spacial score (nSPS) is 17.3. The van der Waals surface area contributed by atoms with Crippen LogP contribution in [0.25, 0.3) is 5.70 Å². The summed E-state index contributed by atoms with van der Waals surface area (Å²) in [6.07, 6.45) is 0. The van der Waals surface area contributed by atoms with Crippen molar-refractivity contribution >= 4 is 52.0 Å². The number of rotatable bonds is 4. The van der Waals surface area contributed by atoms with E-state index < -0.39 is 0 Å². The zero-order valence-electron chi connectivity index (χ0n) is 14.4. The van der Waals surface area contributed by atoms with Crippen molar-refractivity contribution in [3.63, 3.8) is 0 Å². The van der Waals surface area contributed by atoms with Crippen molar-refractivity contribution < 1.29 is 4.79 Å². The summed E-state index contributed by atoms with van der Waals surface area (Å²) in [5.74, 6) is -0.0108. The van der Waals surface area contributed by atoms with Crippen molar-refractivity contribution in [3.8, 4) is 0 Å². The molecule has 1 N–H and O–H groups in total. The molecule has 2 aromatic carbocycles. The number of nitrogens with one attached hydrogen (secondary N) is 1. The summed E-state index contributed by atoms with van der Waals surface area (Å²) < 4.78 is 0. The molecule has 0 amide bonds. The van der Waals surface area contributed by atoms with Gasteiger partial charge in [-0.1, -0.05) is 47.5 Å². The lowest BCUT2D eigenvalue weighted by Gasteiger charge is -2.38. The van der Waals surface area contributed by atoms with Gasteiger partial charge < -0.3 is 10.2 Å². The highest BCUT2D eigenvalue weighted by Gasteiger charge is 2.34. The summed E-state index contributed by atoms with van der Waals surface area (Å²) >= 11 is 17.6. The third-order valence-corrected chi connectivity index (χ3v) is 5.19. The molecule has 0 spiro atoms. The van der Waals surface area contributed by atoms with Crippen molar-refractivity contribution in [1.29, 1.82) is 0 Å².